The number of alkyl halides is 1. The van der Waals surface area contributed by atoms with Crippen molar-refractivity contribution in [3.63, 3.8) is 0 Å². The molecule has 1 aliphatic rings. The molecule has 2 amide bonds. The molecule has 1 rings (SSSR count). The number of unbranched alkanes of at least 4 members (excludes halogenated alkanes) is 1. The molecule has 6 nitrogen and oxygen atoms in total. The Morgan fingerprint density at radius 3 is 2.34 bits per heavy atom. The maximum absolute atomic E-state index is 12.5. The summed E-state index contributed by atoms with van der Waals surface area (Å²) in [5.74, 6) is -0.133. The largest absolute Gasteiger partial charge is 1.00 e. The van der Waals surface area contributed by atoms with Crippen LogP contribution in [0, 0.1) is 12.8 Å². The average molecular weight is 427 g/mol. The molecule has 1 saturated heterocycles. The van der Waals surface area contributed by atoms with Crippen LogP contribution in [0.2, 0.25) is 0 Å². The first-order valence-electron chi connectivity index (χ1n) is 10.3. The van der Waals surface area contributed by atoms with Crippen LogP contribution in [0.15, 0.2) is 0 Å². The molecule has 0 bridgehead atoms. The van der Waals surface area contributed by atoms with Crippen molar-refractivity contribution < 1.29 is 37.9 Å². The summed E-state index contributed by atoms with van der Waals surface area (Å²) in [6.07, 6.45) is 5.58. The number of carbonyl (C=O) groups is 2. The fraction of sp³-hybridized carbons (Fsp3) is 0.857. The standard InChI is InChI=1S/C17H31ClN2O4.C4H9.Li/c1-16(2,3)24-15(22)20-19-14(21)12(8-7-11-18)13-9-6-10-17(4,5)23-13;1-3-4-2;/h12-13H,6-11H2,1-5H3,(H,19,21)(H,20,22);1,3-4H2,2H3;/q;-1;+1. The van der Waals surface area contributed by atoms with Crippen molar-refractivity contribution in [3.8, 4) is 0 Å². The van der Waals surface area contributed by atoms with E-state index in [9.17, 15) is 9.59 Å². The molecule has 2 atom stereocenters. The molecule has 0 aromatic rings. The Labute approximate surface area is 194 Å². The molecule has 8 heteroatoms. The Hall–Kier alpha value is -0.413. The second-order valence-corrected chi connectivity index (χ2v) is 9.09. The van der Waals surface area contributed by atoms with Gasteiger partial charge in [0.15, 0.2) is 0 Å². The molecular weight excluding hydrogens is 387 g/mol. The van der Waals surface area contributed by atoms with Crippen LogP contribution in [0.1, 0.15) is 86.5 Å². The summed E-state index contributed by atoms with van der Waals surface area (Å²) in [6.45, 7) is 15.1. The fourth-order valence-electron chi connectivity index (χ4n) is 2.83. The van der Waals surface area contributed by atoms with E-state index in [-0.39, 0.29) is 42.4 Å². The number of carbonyl (C=O) groups excluding carboxylic acids is 2. The van der Waals surface area contributed by atoms with Gasteiger partial charge in [0.25, 0.3) is 0 Å². The van der Waals surface area contributed by atoms with Crippen molar-refractivity contribution in [1.29, 1.82) is 0 Å². The van der Waals surface area contributed by atoms with E-state index in [1.54, 1.807) is 20.8 Å². The van der Waals surface area contributed by atoms with E-state index >= 15 is 0 Å². The summed E-state index contributed by atoms with van der Waals surface area (Å²) in [6, 6.07) is 0. The van der Waals surface area contributed by atoms with Gasteiger partial charge in [0.1, 0.15) is 5.60 Å². The fourth-order valence-corrected chi connectivity index (χ4v) is 2.99. The number of rotatable bonds is 6. The minimum atomic E-state index is -0.683. The number of nitrogens with one attached hydrogen (secondary N) is 2. The van der Waals surface area contributed by atoms with E-state index in [0.29, 0.717) is 18.7 Å². The van der Waals surface area contributed by atoms with Gasteiger partial charge < -0.3 is 16.4 Å². The van der Waals surface area contributed by atoms with Gasteiger partial charge in [0.2, 0.25) is 5.91 Å². The van der Waals surface area contributed by atoms with Gasteiger partial charge in [-0.15, -0.1) is 11.6 Å². The number of hydrogen-bond donors (Lipinski definition) is 2. The van der Waals surface area contributed by atoms with E-state index < -0.39 is 11.7 Å². The number of halogens is 1. The molecule has 0 aromatic heterocycles. The van der Waals surface area contributed by atoms with Crippen molar-refractivity contribution >= 4 is 23.6 Å². The van der Waals surface area contributed by atoms with Crippen LogP contribution < -0.4 is 29.7 Å². The Balaban J connectivity index is 0. The molecule has 2 unspecified atom stereocenters. The van der Waals surface area contributed by atoms with Crippen LogP contribution in [0.25, 0.3) is 0 Å². The minimum absolute atomic E-state index is 0. The third-order valence-corrected chi connectivity index (χ3v) is 4.48. The zero-order valence-corrected chi connectivity index (χ0v) is 20.3. The normalized spacial score (nSPS) is 19.0. The quantitative estimate of drug-likeness (QED) is 0.295. The monoisotopic (exact) mass is 426 g/mol. The molecule has 0 radical (unpaired) electrons. The Bertz CT molecular complexity index is 468. The van der Waals surface area contributed by atoms with Crippen molar-refractivity contribution in [1.82, 2.24) is 10.9 Å². The van der Waals surface area contributed by atoms with Gasteiger partial charge in [-0.25, -0.2) is 10.2 Å². The van der Waals surface area contributed by atoms with Gasteiger partial charge in [0.05, 0.1) is 17.6 Å². The van der Waals surface area contributed by atoms with E-state index in [1.165, 1.54) is 6.42 Å². The van der Waals surface area contributed by atoms with Crippen LogP contribution in [-0.2, 0) is 14.3 Å². The number of hydrazine groups is 1. The van der Waals surface area contributed by atoms with Crippen LogP contribution in [0.5, 0.6) is 0 Å². The van der Waals surface area contributed by atoms with Crippen molar-refractivity contribution in [3.05, 3.63) is 6.92 Å². The maximum atomic E-state index is 12.5. The molecule has 29 heavy (non-hydrogen) atoms. The Kier molecular flexibility index (Phi) is 16.3. The van der Waals surface area contributed by atoms with Crippen molar-refractivity contribution in [2.75, 3.05) is 5.88 Å². The first-order chi connectivity index (χ1) is 13.0. The van der Waals surface area contributed by atoms with E-state index in [2.05, 4.69) is 24.7 Å². The summed E-state index contributed by atoms with van der Waals surface area (Å²) in [5.41, 5.74) is 3.90. The molecule has 0 saturated carbocycles. The predicted molar refractivity (Wildman–Crippen MR) is 114 cm³/mol. The number of ether oxygens (including phenoxy) is 2. The zero-order valence-electron chi connectivity index (χ0n) is 19.5. The smallest absolute Gasteiger partial charge is 0.443 e. The van der Waals surface area contributed by atoms with Crippen LogP contribution >= 0.6 is 11.6 Å². The third-order valence-electron chi connectivity index (χ3n) is 4.21. The molecular formula is C21H40ClLiN2O4. The van der Waals surface area contributed by atoms with Crippen LogP contribution in [0.3, 0.4) is 0 Å². The molecule has 1 fully saturated rings. The number of amides is 2. The maximum Gasteiger partial charge on any atom is 1.00 e. The molecule has 0 aliphatic carbocycles. The van der Waals surface area contributed by atoms with Gasteiger partial charge in [-0.3, -0.25) is 10.2 Å². The Morgan fingerprint density at radius 1 is 1.31 bits per heavy atom. The van der Waals surface area contributed by atoms with Crippen LogP contribution in [-0.4, -0.2) is 35.2 Å². The van der Waals surface area contributed by atoms with E-state index in [4.69, 9.17) is 21.1 Å². The molecule has 0 spiro atoms. The third kappa shape index (κ3) is 15.1. The van der Waals surface area contributed by atoms with Gasteiger partial charge in [-0.05, 0) is 66.7 Å². The first kappa shape index (κ1) is 30.8. The summed E-state index contributed by atoms with van der Waals surface area (Å²) in [7, 11) is 0. The van der Waals surface area contributed by atoms with Crippen molar-refractivity contribution in [2.24, 2.45) is 5.92 Å². The molecule has 0 aromatic carbocycles. The predicted octanol–water partition coefficient (Wildman–Crippen LogP) is 2.15. The van der Waals surface area contributed by atoms with Crippen LogP contribution in [0.4, 0.5) is 4.79 Å². The zero-order chi connectivity index (χ0) is 21.8. The molecule has 1 heterocycles. The topological polar surface area (TPSA) is 76.7 Å². The average Bonchev–Trinajstić information content (AvgIpc) is 2.58. The molecule has 1 aliphatic heterocycles. The second-order valence-electron chi connectivity index (χ2n) is 8.72. The summed E-state index contributed by atoms with van der Waals surface area (Å²) >= 11 is 5.78. The van der Waals surface area contributed by atoms with Crippen molar-refractivity contribution in [2.45, 2.75) is 104 Å². The molecule has 166 valence electrons. The Morgan fingerprint density at radius 2 is 1.90 bits per heavy atom. The number of hydrogen-bond acceptors (Lipinski definition) is 4. The SMILES string of the molecule is CC(C)(C)OC(=O)NNC(=O)C(CCCCl)C1CCCC(C)(C)O1.[CH2-]CCC.[Li+]. The van der Waals surface area contributed by atoms with Gasteiger partial charge in [-0.1, -0.05) is 13.3 Å². The summed E-state index contributed by atoms with van der Waals surface area (Å²) in [5, 5.41) is 0. The minimum Gasteiger partial charge on any atom is -0.443 e. The summed E-state index contributed by atoms with van der Waals surface area (Å²) in [4.78, 5) is 24.2. The van der Waals surface area contributed by atoms with E-state index in [1.807, 2.05) is 13.8 Å². The molecule has 2 N–H and O–H groups in total. The van der Waals surface area contributed by atoms with Gasteiger partial charge in [-0.2, -0.15) is 6.42 Å². The van der Waals surface area contributed by atoms with Gasteiger partial charge in [0, 0.05) is 5.88 Å². The second kappa shape index (κ2) is 15.4. The first-order valence-corrected chi connectivity index (χ1v) is 10.8. The summed E-state index contributed by atoms with van der Waals surface area (Å²) < 4.78 is 11.2. The van der Waals surface area contributed by atoms with Gasteiger partial charge >= 0.3 is 25.0 Å². The van der Waals surface area contributed by atoms with E-state index in [0.717, 1.165) is 25.7 Å².